The molecule has 0 heterocycles. The molecule has 1 saturated carbocycles. The molecule has 1 aromatic carbocycles. The van der Waals surface area contributed by atoms with Crippen LogP contribution in [0.4, 0.5) is 0 Å². The van der Waals surface area contributed by atoms with Crippen LogP contribution < -0.4 is 5.32 Å². The van der Waals surface area contributed by atoms with Crippen molar-refractivity contribution in [1.82, 2.24) is 5.32 Å². The number of hydrogen-bond acceptors (Lipinski definition) is 2. The van der Waals surface area contributed by atoms with Crippen LogP contribution in [0.25, 0.3) is 0 Å². The van der Waals surface area contributed by atoms with Gasteiger partial charge in [0.15, 0.2) is 0 Å². The summed E-state index contributed by atoms with van der Waals surface area (Å²) in [5.74, 6) is 0.754. The zero-order valence-electron chi connectivity index (χ0n) is 12.0. The van der Waals surface area contributed by atoms with Gasteiger partial charge in [-0.1, -0.05) is 38.3 Å². The van der Waals surface area contributed by atoms with E-state index in [0.29, 0.717) is 12.1 Å². The van der Waals surface area contributed by atoms with E-state index in [4.69, 9.17) is 5.26 Å². The van der Waals surface area contributed by atoms with Crippen molar-refractivity contribution in [3.05, 3.63) is 35.4 Å². The minimum absolute atomic E-state index is 0.318. The third-order valence-corrected chi connectivity index (χ3v) is 4.34. The zero-order valence-corrected chi connectivity index (χ0v) is 12.0. The highest BCUT2D eigenvalue weighted by molar-refractivity contribution is 5.34. The summed E-state index contributed by atoms with van der Waals surface area (Å²) in [5, 5.41) is 12.7. The molecular weight excluding hydrogens is 232 g/mol. The molecule has 1 aliphatic rings. The van der Waals surface area contributed by atoms with Crippen LogP contribution in [-0.2, 0) is 0 Å². The summed E-state index contributed by atoms with van der Waals surface area (Å²) < 4.78 is 0. The molecule has 3 atom stereocenters. The monoisotopic (exact) mass is 256 g/mol. The normalized spacial score (nSPS) is 25.3. The van der Waals surface area contributed by atoms with Crippen molar-refractivity contribution in [3.8, 4) is 6.07 Å². The standard InChI is InChI=1S/C17H24N2/c1-13-7-4-3-5-10-17(13)19-14(2)16-9-6-8-15(11-16)12-18/h6,8-9,11,13-14,17,19H,3-5,7,10H2,1-2H3. The Morgan fingerprint density at radius 2 is 2.05 bits per heavy atom. The fourth-order valence-electron chi connectivity index (χ4n) is 3.04. The molecule has 0 radical (unpaired) electrons. The molecule has 1 fully saturated rings. The van der Waals surface area contributed by atoms with Crippen molar-refractivity contribution in [2.45, 2.75) is 58.0 Å². The predicted octanol–water partition coefficient (Wildman–Crippen LogP) is 4.18. The largest absolute Gasteiger partial charge is 0.307 e. The second kappa shape index (κ2) is 6.73. The van der Waals surface area contributed by atoms with Crippen molar-refractivity contribution in [2.75, 3.05) is 0 Å². The first-order chi connectivity index (χ1) is 9.20. The maximum Gasteiger partial charge on any atom is 0.0991 e. The van der Waals surface area contributed by atoms with E-state index in [0.717, 1.165) is 11.5 Å². The van der Waals surface area contributed by atoms with Gasteiger partial charge in [0.1, 0.15) is 0 Å². The summed E-state index contributed by atoms with van der Waals surface area (Å²) in [7, 11) is 0. The minimum Gasteiger partial charge on any atom is -0.307 e. The van der Waals surface area contributed by atoms with E-state index >= 15 is 0 Å². The molecule has 2 heteroatoms. The van der Waals surface area contributed by atoms with Gasteiger partial charge in [-0.25, -0.2) is 0 Å². The lowest BCUT2D eigenvalue weighted by atomic mass is 9.95. The maximum absolute atomic E-state index is 8.97. The lowest BCUT2D eigenvalue weighted by molar-refractivity contribution is 0.330. The van der Waals surface area contributed by atoms with Crippen molar-refractivity contribution in [1.29, 1.82) is 5.26 Å². The third-order valence-electron chi connectivity index (χ3n) is 4.34. The van der Waals surface area contributed by atoms with Gasteiger partial charge in [-0.2, -0.15) is 5.26 Å². The van der Waals surface area contributed by atoms with Crippen molar-refractivity contribution in [2.24, 2.45) is 5.92 Å². The van der Waals surface area contributed by atoms with Crippen LogP contribution in [-0.4, -0.2) is 6.04 Å². The van der Waals surface area contributed by atoms with Crippen molar-refractivity contribution in [3.63, 3.8) is 0 Å². The first-order valence-corrected chi connectivity index (χ1v) is 7.47. The van der Waals surface area contributed by atoms with Crippen LogP contribution >= 0.6 is 0 Å². The Balaban J connectivity index is 2.03. The molecule has 2 nitrogen and oxygen atoms in total. The highest BCUT2D eigenvalue weighted by Crippen LogP contribution is 2.25. The van der Waals surface area contributed by atoms with Crippen LogP contribution in [0.5, 0.6) is 0 Å². The zero-order chi connectivity index (χ0) is 13.7. The molecule has 1 N–H and O–H groups in total. The molecule has 0 aromatic heterocycles. The average Bonchev–Trinajstić information content (AvgIpc) is 2.64. The van der Waals surface area contributed by atoms with Crippen molar-refractivity contribution >= 4 is 0 Å². The number of rotatable bonds is 3. The molecule has 19 heavy (non-hydrogen) atoms. The van der Waals surface area contributed by atoms with Crippen LogP contribution in [0, 0.1) is 17.2 Å². The molecule has 3 unspecified atom stereocenters. The highest BCUT2D eigenvalue weighted by Gasteiger charge is 2.21. The fraction of sp³-hybridized carbons (Fsp3) is 0.588. The van der Waals surface area contributed by atoms with Gasteiger partial charge in [0, 0.05) is 12.1 Å². The van der Waals surface area contributed by atoms with E-state index in [9.17, 15) is 0 Å². The Kier molecular flexibility index (Phi) is 4.99. The quantitative estimate of drug-likeness (QED) is 0.824. The number of nitrogens with zero attached hydrogens (tertiary/aromatic N) is 1. The summed E-state index contributed by atoms with van der Waals surface area (Å²) in [6.45, 7) is 4.56. The molecule has 1 aromatic rings. The molecule has 0 saturated heterocycles. The van der Waals surface area contributed by atoms with E-state index < -0.39 is 0 Å². The predicted molar refractivity (Wildman–Crippen MR) is 78.7 cm³/mol. The van der Waals surface area contributed by atoms with E-state index in [-0.39, 0.29) is 0 Å². The van der Waals surface area contributed by atoms with Gasteiger partial charge in [-0.15, -0.1) is 0 Å². The molecule has 0 amide bonds. The van der Waals surface area contributed by atoms with Gasteiger partial charge in [0.25, 0.3) is 0 Å². The molecular formula is C17H24N2. The topological polar surface area (TPSA) is 35.8 Å². The number of nitrogens with one attached hydrogen (secondary N) is 1. The lowest BCUT2D eigenvalue weighted by Gasteiger charge is -2.27. The minimum atomic E-state index is 0.318. The van der Waals surface area contributed by atoms with E-state index in [1.54, 1.807) is 0 Å². The average molecular weight is 256 g/mol. The van der Waals surface area contributed by atoms with Gasteiger partial charge in [0.05, 0.1) is 11.6 Å². The van der Waals surface area contributed by atoms with Gasteiger partial charge in [-0.05, 0) is 43.4 Å². The summed E-state index contributed by atoms with van der Waals surface area (Å²) in [6, 6.07) is 11.1. The first kappa shape index (κ1) is 14.1. The van der Waals surface area contributed by atoms with E-state index in [1.165, 1.54) is 37.7 Å². The van der Waals surface area contributed by atoms with Crippen molar-refractivity contribution < 1.29 is 0 Å². The summed E-state index contributed by atoms with van der Waals surface area (Å²) in [6.07, 6.45) is 6.71. The SMILES string of the molecule is CC(NC1CCCCCC1C)c1cccc(C#N)c1. The van der Waals surface area contributed by atoms with Crippen LogP contribution in [0.1, 0.15) is 63.1 Å². The smallest absolute Gasteiger partial charge is 0.0991 e. The number of benzene rings is 1. The molecule has 0 bridgehead atoms. The Labute approximate surface area is 116 Å². The Hall–Kier alpha value is -1.33. The van der Waals surface area contributed by atoms with Gasteiger partial charge >= 0.3 is 0 Å². The summed E-state index contributed by atoms with van der Waals surface area (Å²) in [4.78, 5) is 0. The fourth-order valence-corrected chi connectivity index (χ4v) is 3.04. The highest BCUT2D eigenvalue weighted by atomic mass is 14.9. The first-order valence-electron chi connectivity index (χ1n) is 7.47. The van der Waals surface area contributed by atoms with E-state index in [2.05, 4.69) is 31.3 Å². The Morgan fingerprint density at radius 3 is 2.84 bits per heavy atom. The Bertz CT molecular complexity index is 447. The van der Waals surface area contributed by atoms with Crippen LogP contribution in [0.15, 0.2) is 24.3 Å². The van der Waals surface area contributed by atoms with Crippen LogP contribution in [0.2, 0.25) is 0 Å². The molecule has 0 aliphatic heterocycles. The van der Waals surface area contributed by atoms with Gasteiger partial charge in [0.2, 0.25) is 0 Å². The molecule has 0 spiro atoms. The number of nitriles is 1. The third kappa shape index (κ3) is 3.81. The van der Waals surface area contributed by atoms with Crippen LogP contribution in [0.3, 0.4) is 0 Å². The second-order valence-corrected chi connectivity index (χ2v) is 5.85. The van der Waals surface area contributed by atoms with Gasteiger partial charge < -0.3 is 5.32 Å². The lowest BCUT2D eigenvalue weighted by Crippen LogP contribution is -2.36. The second-order valence-electron chi connectivity index (χ2n) is 5.85. The Morgan fingerprint density at radius 1 is 1.26 bits per heavy atom. The molecule has 1 aliphatic carbocycles. The number of hydrogen-bond donors (Lipinski definition) is 1. The van der Waals surface area contributed by atoms with Gasteiger partial charge in [-0.3, -0.25) is 0 Å². The maximum atomic E-state index is 8.97. The van der Waals surface area contributed by atoms with E-state index in [1.807, 2.05) is 18.2 Å². The molecule has 102 valence electrons. The molecule has 2 rings (SSSR count). The summed E-state index contributed by atoms with van der Waals surface area (Å²) in [5.41, 5.74) is 1.97. The summed E-state index contributed by atoms with van der Waals surface area (Å²) >= 11 is 0.